The molecule has 25 heavy (non-hydrogen) atoms. The number of aromatic carboxylic acids is 1. The van der Waals surface area contributed by atoms with Crippen LogP contribution in [0.3, 0.4) is 0 Å². The van der Waals surface area contributed by atoms with Crippen LogP contribution in [0.15, 0.2) is 34.5 Å². The van der Waals surface area contributed by atoms with Crippen molar-refractivity contribution < 1.29 is 15.0 Å². The molecule has 0 aliphatic carbocycles. The lowest BCUT2D eigenvalue weighted by Gasteiger charge is -2.13. The summed E-state index contributed by atoms with van der Waals surface area (Å²) >= 11 is 0. The molecule has 1 aromatic carbocycles. The van der Waals surface area contributed by atoms with Crippen molar-refractivity contribution >= 4 is 11.7 Å². The van der Waals surface area contributed by atoms with Gasteiger partial charge in [-0.15, -0.1) is 4.91 Å². The van der Waals surface area contributed by atoms with Crippen molar-refractivity contribution in [3.63, 3.8) is 0 Å². The monoisotopic (exact) mass is 345 g/mol. The normalized spacial score (nSPS) is 11.3. The van der Waals surface area contributed by atoms with E-state index < -0.39 is 5.97 Å². The smallest absolute Gasteiger partial charge is 0.338 e. The number of hydrogen-bond donors (Lipinski definition) is 2. The van der Waals surface area contributed by atoms with E-state index in [0.29, 0.717) is 18.4 Å². The minimum Gasteiger partial charge on any atom is -0.508 e. The highest BCUT2D eigenvalue weighted by molar-refractivity contribution is 5.96. The van der Waals surface area contributed by atoms with Crippen molar-refractivity contribution in [3.05, 3.63) is 51.0 Å². The van der Waals surface area contributed by atoms with Crippen molar-refractivity contribution in [1.82, 2.24) is 0 Å². The molecule has 0 fully saturated rings. The van der Waals surface area contributed by atoms with Crippen LogP contribution in [0.2, 0.25) is 0 Å². The number of aromatic hydroxyl groups is 1. The van der Waals surface area contributed by atoms with Gasteiger partial charge in [0, 0.05) is 5.56 Å². The van der Waals surface area contributed by atoms with Gasteiger partial charge in [-0.3, -0.25) is 0 Å². The molecule has 0 spiro atoms. The largest absolute Gasteiger partial charge is 0.508 e. The van der Waals surface area contributed by atoms with E-state index in [4.69, 9.17) is 0 Å². The fourth-order valence-corrected chi connectivity index (χ4v) is 2.72. The summed E-state index contributed by atoms with van der Waals surface area (Å²) in [5.74, 6) is -1.26. The zero-order valence-electron chi connectivity index (χ0n) is 15.4. The first kappa shape index (κ1) is 20.6. The zero-order valence-corrected chi connectivity index (χ0v) is 15.4. The van der Waals surface area contributed by atoms with Gasteiger partial charge in [0.05, 0.1) is 5.56 Å². The maximum absolute atomic E-state index is 11.6. The van der Waals surface area contributed by atoms with E-state index in [0.717, 1.165) is 18.4 Å². The minimum atomic E-state index is -1.19. The second-order valence-corrected chi connectivity index (χ2v) is 6.48. The predicted octanol–water partition coefficient (Wildman–Crippen LogP) is 5.68. The lowest BCUT2D eigenvalue weighted by molar-refractivity contribution is 0.0696. The number of phenols is 1. The van der Waals surface area contributed by atoms with E-state index in [9.17, 15) is 19.9 Å². The SMILES string of the molecule is CCCc1cc(O)c(C/C=C(\C)CCC=C(C)C)c(N=O)c1C(=O)O. The Labute approximate surface area is 149 Å². The van der Waals surface area contributed by atoms with Gasteiger partial charge in [-0.2, -0.15) is 0 Å². The standard InChI is InChI=1S/C20H27NO4/c1-5-7-15-12-17(22)16(19(21-25)18(15)20(23)24)11-10-14(4)9-6-8-13(2)3/h8,10,12,22H,5-7,9,11H2,1-4H3,(H,23,24)/b14-10+. The summed E-state index contributed by atoms with van der Waals surface area (Å²) in [6, 6.07) is 1.45. The van der Waals surface area contributed by atoms with Crippen molar-refractivity contribution in [2.24, 2.45) is 5.18 Å². The third-order valence-corrected chi connectivity index (χ3v) is 4.03. The molecular formula is C20H27NO4. The molecule has 0 aliphatic heterocycles. The molecule has 0 unspecified atom stereocenters. The number of aryl methyl sites for hydroxylation is 1. The van der Waals surface area contributed by atoms with E-state index in [1.807, 2.05) is 33.8 Å². The third kappa shape index (κ3) is 5.85. The first-order chi connectivity index (χ1) is 11.8. The van der Waals surface area contributed by atoms with Gasteiger partial charge >= 0.3 is 5.97 Å². The summed E-state index contributed by atoms with van der Waals surface area (Å²) < 4.78 is 0. The molecule has 0 atom stereocenters. The number of carboxylic acids is 1. The van der Waals surface area contributed by atoms with E-state index in [2.05, 4.69) is 11.3 Å². The van der Waals surface area contributed by atoms with Gasteiger partial charge in [0.2, 0.25) is 0 Å². The topological polar surface area (TPSA) is 87.0 Å². The molecule has 1 aromatic rings. The number of rotatable bonds is 9. The quantitative estimate of drug-likeness (QED) is 0.445. The van der Waals surface area contributed by atoms with Crippen LogP contribution in [0.5, 0.6) is 5.75 Å². The molecule has 0 heterocycles. The maximum Gasteiger partial charge on any atom is 0.338 e. The van der Waals surface area contributed by atoms with Gasteiger partial charge in [0.25, 0.3) is 0 Å². The molecule has 5 heteroatoms. The second-order valence-electron chi connectivity index (χ2n) is 6.48. The molecular weight excluding hydrogens is 318 g/mol. The molecule has 0 saturated carbocycles. The van der Waals surface area contributed by atoms with Crippen molar-refractivity contribution in [1.29, 1.82) is 0 Å². The van der Waals surface area contributed by atoms with Gasteiger partial charge in [-0.25, -0.2) is 4.79 Å². The summed E-state index contributed by atoms with van der Waals surface area (Å²) in [6.45, 7) is 7.98. The minimum absolute atomic E-state index is 0.0728. The van der Waals surface area contributed by atoms with Gasteiger partial charge < -0.3 is 10.2 Å². The molecule has 5 nitrogen and oxygen atoms in total. The summed E-state index contributed by atoms with van der Waals surface area (Å²) in [5.41, 5.74) is 2.83. The van der Waals surface area contributed by atoms with Crippen molar-refractivity contribution in [2.45, 2.75) is 59.8 Å². The van der Waals surface area contributed by atoms with Gasteiger partial charge in [-0.05, 0) is 63.3 Å². The van der Waals surface area contributed by atoms with Crippen LogP contribution in [-0.4, -0.2) is 16.2 Å². The highest BCUT2D eigenvalue weighted by atomic mass is 16.4. The Hall–Kier alpha value is -2.43. The number of carboxylic acid groups (broad SMARTS) is 1. The highest BCUT2D eigenvalue weighted by Crippen LogP contribution is 2.36. The van der Waals surface area contributed by atoms with Crippen LogP contribution >= 0.6 is 0 Å². The number of nitroso groups, excluding NO2 is 1. The van der Waals surface area contributed by atoms with E-state index in [1.165, 1.54) is 11.6 Å². The molecule has 2 N–H and O–H groups in total. The van der Waals surface area contributed by atoms with Crippen LogP contribution in [0.1, 0.15) is 68.4 Å². The van der Waals surface area contributed by atoms with E-state index in [-0.39, 0.29) is 29.0 Å². The Balaban J connectivity index is 3.18. The zero-order chi connectivity index (χ0) is 19.0. The summed E-state index contributed by atoms with van der Waals surface area (Å²) in [4.78, 5) is 22.9. The molecule has 0 amide bonds. The molecule has 0 aromatic heterocycles. The Morgan fingerprint density at radius 1 is 1.24 bits per heavy atom. The second kappa shape index (κ2) is 9.77. The van der Waals surface area contributed by atoms with Crippen molar-refractivity contribution in [2.75, 3.05) is 0 Å². The first-order valence-corrected chi connectivity index (χ1v) is 8.55. The number of nitrogens with zero attached hydrogens (tertiary/aromatic N) is 1. The molecule has 0 aliphatic rings. The van der Waals surface area contributed by atoms with Gasteiger partial charge in [0.15, 0.2) is 0 Å². The van der Waals surface area contributed by atoms with Crippen LogP contribution in [0.4, 0.5) is 5.69 Å². The van der Waals surface area contributed by atoms with E-state index >= 15 is 0 Å². The number of phenolic OH excluding ortho intramolecular Hbond substituents is 1. The summed E-state index contributed by atoms with van der Waals surface area (Å²) in [7, 11) is 0. The fourth-order valence-electron chi connectivity index (χ4n) is 2.72. The Kier molecular flexibility index (Phi) is 8.05. The highest BCUT2D eigenvalue weighted by Gasteiger charge is 2.22. The third-order valence-electron chi connectivity index (χ3n) is 4.03. The summed E-state index contributed by atoms with van der Waals surface area (Å²) in [5, 5.41) is 22.7. The summed E-state index contributed by atoms with van der Waals surface area (Å²) in [6.07, 6.45) is 7.31. The average Bonchev–Trinajstić information content (AvgIpc) is 2.52. The predicted molar refractivity (Wildman–Crippen MR) is 101 cm³/mol. The lowest BCUT2D eigenvalue weighted by atomic mass is 9.94. The fraction of sp³-hybridized carbons (Fsp3) is 0.450. The lowest BCUT2D eigenvalue weighted by Crippen LogP contribution is -2.05. The van der Waals surface area contributed by atoms with Gasteiger partial charge in [0.1, 0.15) is 11.4 Å². The van der Waals surface area contributed by atoms with E-state index in [1.54, 1.807) is 0 Å². The number of hydrogen-bond acceptors (Lipinski definition) is 4. The molecule has 0 saturated heterocycles. The number of carbonyl (C=O) groups is 1. The number of allylic oxidation sites excluding steroid dienone is 4. The van der Waals surface area contributed by atoms with Crippen LogP contribution < -0.4 is 0 Å². The van der Waals surface area contributed by atoms with Crippen LogP contribution in [0.25, 0.3) is 0 Å². The average molecular weight is 345 g/mol. The van der Waals surface area contributed by atoms with Crippen molar-refractivity contribution in [3.8, 4) is 5.75 Å². The van der Waals surface area contributed by atoms with Gasteiger partial charge in [-0.1, -0.05) is 36.6 Å². The van der Waals surface area contributed by atoms with Crippen LogP contribution in [0, 0.1) is 4.91 Å². The molecule has 0 bridgehead atoms. The Bertz CT molecular complexity index is 698. The maximum atomic E-state index is 11.6. The van der Waals surface area contributed by atoms with Crippen LogP contribution in [-0.2, 0) is 12.8 Å². The Morgan fingerprint density at radius 3 is 2.44 bits per heavy atom. The number of benzene rings is 1. The molecule has 0 radical (unpaired) electrons. The molecule has 136 valence electrons. The molecule has 1 rings (SSSR count). The first-order valence-electron chi connectivity index (χ1n) is 8.55. The Morgan fingerprint density at radius 2 is 1.92 bits per heavy atom.